The first kappa shape index (κ1) is 13.5. The van der Waals surface area contributed by atoms with Crippen molar-refractivity contribution in [2.75, 3.05) is 0 Å². The van der Waals surface area contributed by atoms with E-state index in [1.807, 2.05) is 42.5 Å². The smallest absolute Gasteiger partial charge is 0.122 e. The first-order chi connectivity index (χ1) is 11.9. The normalized spacial score (nSPS) is 19.2. The van der Waals surface area contributed by atoms with Gasteiger partial charge in [0.15, 0.2) is 0 Å². The number of hydrogen-bond acceptors (Lipinski definition) is 4. The summed E-state index contributed by atoms with van der Waals surface area (Å²) >= 11 is 0. The van der Waals surface area contributed by atoms with Gasteiger partial charge >= 0.3 is 0 Å². The van der Waals surface area contributed by atoms with Crippen molar-refractivity contribution < 1.29 is 17.7 Å². The second-order valence-corrected chi connectivity index (χ2v) is 6.17. The van der Waals surface area contributed by atoms with Crippen LogP contribution in [0.15, 0.2) is 85.2 Å². The van der Waals surface area contributed by atoms with Crippen molar-refractivity contribution in [2.45, 2.75) is 24.2 Å². The van der Waals surface area contributed by atoms with Gasteiger partial charge in [-0.2, -0.15) is 0 Å². The highest BCUT2D eigenvalue weighted by molar-refractivity contribution is 5.49. The SMILES string of the molecule is c1coc(C2CCC(c3ccco3)(c3ccco3)c3ccoc32)c1. The maximum atomic E-state index is 5.90. The molecule has 0 spiro atoms. The second kappa shape index (κ2) is 5.06. The van der Waals surface area contributed by atoms with Gasteiger partial charge in [0.2, 0.25) is 0 Å². The van der Waals surface area contributed by atoms with Crippen molar-refractivity contribution in [3.05, 3.63) is 96.1 Å². The van der Waals surface area contributed by atoms with Crippen LogP contribution in [0.25, 0.3) is 0 Å². The lowest BCUT2D eigenvalue weighted by Crippen LogP contribution is -2.33. The van der Waals surface area contributed by atoms with Crippen LogP contribution >= 0.6 is 0 Å². The van der Waals surface area contributed by atoms with E-state index < -0.39 is 5.41 Å². The molecular formula is C20H16O4. The molecule has 0 amide bonds. The topological polar surface area (TPSA) is 52.6 Å². The van der Waals surface area contributed by atoms with E-state index in [-0.39, 0.29) is 5.92 Å². The minimum absolute atomic E-state index is 0.114. The van der Waals surface area contributed by atoms with Crippen molar-refractivity contribution in [3.8, 4) is 0 Å². The molecule has 0 aliphatic heterocycles. The highest BCUT2D eigenvalue weighted by atomic mass is 16.4. The lowest BCUT2D eigenvalue weighted by atomic mass is 9.66. The number of hydrogen-bond donors (Lipinski definition) is 0. The summed E-state index contributed by atoms with van der Waals surface area (Å²) in [6.07, 6.45) is 8.60. The van der Waals surface area contributed by atoms with Gasteiger partial charge < -0.3 is 17.7 Å². The van der Waals surface area contributed by atoms with Crippen molar-refractivity contribution in [1.29, 1.82) is 0 Å². The van der Waals surface area contributed by atoms with E-state index >= 15 is 0 Å². The van der Waals surface area contributed by atoms with Crippen molar-refractivity contribution in [3.63, 3.8) is 0 Å². The summed E-state index contributed by atoms with van der Waals surface area (Å²) in [7, 11) is 0. The molecule has 0 saturated carbocycles. The highest BCUT2D eigenvalue weighted by Crippen LogP contribution is 2.53. The molecule has 0 radical (unpaired) electrons. The van der Waals surface area contributed by atoms with Crippen LogP contribution in [0.4, 0.5) is 0 Å². The first-order valence-electron chi connectivity index (χ1n) is 8.09. The summed E-state index contributed by atoms with van der Waals surface area (Å²) in [6, 6.07) is 13.8. The van der Waals surface area contributed by atoms with Crippen LogP contribution in [0.5, 0.6) is 0 Å². The lowest BCUT2D eigenvalue weighted by molar-refractivity contribution is 0.295. The zero-order valence-electron chi connectivity index (χ0n) is 13.0. The first-order valence-corrected chi connectivity index (χ1v) is 8.09. The third kappa shape index (κ3) is 1.74. The number of furan rings is 4. The van der Waals surface area contributed by atoms with E-state index in [2.05, 4.69) is 0 Å². The fraction of sp³-hybridized carbons (Fsp3) is 0.200. The minimum atomic E-state index is -0.460. The Bertz CT molecular complexity index is 876. The molecule has 1 unspecified atom stereocenters. The molecule has 0 bridgehead atoms. The molecule has 4 nitrogen and oxygen atoms in total. The molecule has 4 heteroatoms. The highest BCUT2D eigenvalue weighted by Gasteiger charge is 2.49. The van der Waals surface area contributed by atoms with Gasteiger partial charge in [-0.1, -0.05) is 0 Å². The maximum absolute atomic E-state index is 5.90. The van der Waals surface area contributed by atoms with E-state index in [1.54, 1.807) is 25.1 Å². The fourth-order valence-corrected chi connectivity index (χ4v) is 4.01. The van der Waals surface area contributed by atoms with Gasteiger partial charge in [0.25, 0.3) is 0 Å². The Labute approximate surface area is 138 Å². The molecule has 0 N–H and O–H groups in total. The molecule has 0 fully saturated rings. The van der Waals surface area contributed by atoms with Crippen LogP contribution in [0.2, 0.25) is 0 Å². The number of rotatable bonds is 3. The predicted molar refractivity (Wildman–Crippen MR) is 85.8 cm³/mol. The summed E-state index contributed by atoms with van der Waals surface area (Å²) in [6.45, 7) is 0. The molecule has 120 valence electrons. The quantitative estimate of drug-likeness (QED) is 0.513. The predicted octanol–water partition coefficient (Wildman–Crippen LogP) is 5.32. The summed E-state index contributed by atoms with van der Waals surface area (Å²) in [5.41, 5.74) is 0.623. The third-order valence-electron chi connectivity index (χ3n) is 5.05. The molecule has 4 aromatic rings. The van der Waals surface area contributed by atoms with Crippen molar-refractivity contribution >= 4 is 0 Å². The second-order valence-electron chi connectivity index (χ2n) is 6.17. The van der Waals surface area contributed by atoms with Crippen LogP contribution < -0.4 is 0 Å². The number of fused-ring (bicyclic) bond motifs is 1. The van der Waals surface area contributed by atoms with Gasteiger partial charge in [0, 0.05) is 5.56 Å². The monoisotopic (exact) mass is 320 g/mol. The maximum Gasteiger partial charge on any atom is 0.122 e. The molecule has 0 saturated heterocycles. The molecule has 4 heterocycles. The summed E-state index contributed by atoms with van der Waals surface area (Å²) in [4.78, 5) is 0. The lowest BCUT2D eigenvalue weighted by Gasteiger charge is -2.36. The molecular weight excluding hydrogens is 304 g/mol. The van der Waals surface area contributed by atoms with Gasteiger partial charge in [-0.25, -0.2) is 0 Å². The molecule has 1 aliphatic rings. The fourth-order valence-electron chi connectivity index (χ4n) is 4.01. The van der Waals surface area contributed by atoms with E-state index in [0.717, 1.165) is 41.4 Å². The molecule has 1 atom stereocenters. The summed E-state index contributed by atoms with van der Waals surface area (Å²) < 4.78 is 23.2. The van der Waals surface area contributed by atoms with Crippen molar-refractivity contribution in [1.82, 2.24) is 0 Å². The average molecular weight is 320 g/mol. The molecule has 0 aromatic carbocycles. The summed E-state index contributed by atoms with van der Waals surface area (Å²) in [5.74, 6) is 3.71. The largest absolute Gasteiger partial charge is 0.469 e. The van der Waals surface area contributed by atoms with E-state index in [1.165, 1.54) is 0 Å². The average Bonchev–Trinajstić information content (AvgIpc) is 3.44. The van der Waals surface area contributed by atoms with E-state index in [4.69, 9.17) is 17.7 Å². The standard InChI is InChI=1S/C20H16O4/c1-4-16(21-10-1)14-7-9-20(17-5-2-11-22-17,18-6-3-12-23-18)15-8-13-24-19(14)15/h1-6,8,10-14H,7,9H2. The Morgan fingerprint density at radius 1 is 0.750 bits per heavy atom. The third-order valence-corrected chi connectivity index (χ3v) is 5.05. The van der Waals surface area contributed by atoms with Crippen LogP contribution in [-0.4, -0.2) is 0 Å². The Morgan fingerprint density at radius 2 is 1.46 bits per heavy atom. The van der Waals surface area contributed by atoms with Gasteiger partial charge in [-0.3, -0.25) is 0 Å². The summed E-state index contributed by atoms with van der Waals surface area (Å²) in [5, 5.41) is 0. The molecule has 4 aromatic heterocycles. The Balaban J connectivity index is 1.74. The minimum Gasteiger partial charge on any atom is -0.469 e. The van der Waals surface area contributed by atoms with Crippen LogP contribution in [0.1, 0.15) is 47.4 Å². The molecule has 24 heavy (non-hydrogen) atoms. The Kier molecular flexibility index (Phi) is 2.86. The zero-order chi connectivity index (χ0) is 16.0. The van der Waals surface area contributed by atoms with Crippen molar-refractivity contribution in [2.24, 2.45) is 0 Å². The molecule has 5 rings (SSSR count). The van der Waals surface area contributed by atoms with Crippen LogP contribution in [-0.2, 0) is 5.41 Å². The van der Waals surface area contributed by atoms with Gasteiger partial charge in [0.1, 0.15) is 28.5 Å². The Hall–Kier alpha value is -2.88. The molecule has 1 aliphatic carbocycles. The van der Waals surface area contributed by atoms with Gasteiger partial charge in [-0.05, 0) is 55.3 Å². The van der Waals surface area contributed by atoms with E-state index in [0.29, 0.717) is 0 Å². The van der Waals surface area contributed by atoms with Crippen LogP contribution in [0.3, 0.4) is 0 Å². The van der Waals surface area contributed by atoms with E-state index in [9.17, 15) is 0 Å². The van der Waals surface area contributed by atoms with Gasteiger partial charge in [-0.15, -0.1) is 0 Å². The van der Waals surface area contributed by atoms with Crippen LogP contribution in [0, 0.1) is 0 Å². The van der Waals surface area contributed by atoms with Gasteiger partial charge in [0.05, 0.1) is 31.0 Å². The Morgan fingerprint density at radius 3 is 2.08 bits per heavy atom. The zero-order valence-corrected chi connectivity index (χ0v) is 13.0.